The number of hydrogen-bond acceptors (Lipinski definition) is 3. The second-order valence-corrected chi connectivity index (χ2v) is 2.57. The normalized spacial score (nSPS) is 36.7. The number of rotatable bonds is 1. The Balaban J connectivity index is 2.23. The van der Waals surface area contributed by atoms with Gasteiger partial charge in [-0.05, 0) is 19.8 Å². The van der Waals surface area contributed by atoms with E-state index >= 15 is 0 Å². The van der Waals surface area contributed by atoms with Crippen LogP contribution in [0.25, 0.3) is 0 Å². The minimum atomic E-state index is 0.375. The van der Waals surface area contributed by atoms with Crippen molar-refractivity contribution in [1.29, 1.82) is 0 Å². The van der Waals surface area contributed by atoms with Crippen molar-refractivity contribution in [2.45, 2.75) is 31.9 Å². The van der Waals surface area contributed by atoms with Crippen molar-refractivity contribution >= 4 is 0 Å². The lowest BCUT2D eigenvalue weighted by atomic mass is 10.1. The maximum atomic E-state index is 5.31. The van der Waals surface area contributed by atoms with E-state index in [2.05, 4.69) is 12.3 Å². The first-order chi connectivity index (χ1) is 4.33. The molecule has 0 aliphatic carbocycles. The number of nitrogens with one attached hydrogen (secondary N) is 1. The van der Waals surface area contributed by atoms with Gasteiger partial charge in [0.1, 0.15) is 0 Å². The van der Waals surface area contributed by atoms with Crippen LogP contribution >= 0.6 is 0 Å². The molecule has 3 heteroatoms. The summed E-state index contributed by atoms with van der Waals surface area (Å²) in [6, 6.07) is 0.466. The van der Waals surface area contributed by atoms with E-state index in [0.717, 1.165) is 19.4 Å². The topological polar surface area (TPSA) is 47.3 Å². The zero-order chi connectivity index (χ0) is 6.69. The molecule has 2 unspecified atom stereocenters. The summed E-state index contributed by atoms with van der Waals surface area (Å²) in [5.74, 6) is 5.26. The zero-order valence-corrected chi connectivity index (χ0v) is 5.76. The number of hydrazine groups is 1. The maximum absolute atomic E-state index is 5.31. The van der Waals surface area contributed by atoms with E-state index in [9.17, 15) is 0 Å². The summed E-state index contributed by atoms with van der Waals surface area (Å²) in [6.45, 7) is 2.92. The van der Waals surface area contributed by atoms with E-state index < -0.39 is 0 Å². The molecule has 1 aliphatic heterocycles. The highest BCUT2D eigenvalue weighted by molar-refractivity contribution is 4.71. The second-order valence-electron chi connectivity index (χ2n) is 2.57. The van der Waals surface area contributed by atoms with Crippen molar-refractivity contribution in [3.63, 3.8) is 0 Å². The number of ether oxygens (including phenoxy) is 1. The van der Waals surface area contributed by atoms with E-state index in [0.29, 0.717) is 12.1 Å². The molecule has 2 atom stereocenters. The van der Waals surface area contributed by atoms with Crippen molar-refractivity contribution in [3.05, 3.63) is 0 Å². The molecule has 0 aromatic heterocycles. The van der Waals surface area contributed by atoms with Crippen LogP contribution in [0.2, 0.25) is 0 Å². The molecule has 0 saturated carbocycles. The van der Waals surface area contributed by atoms with Gasteiger partial charge in [0, 0.05) is 12.6 Å². The summed E-state index contributed by atoms with van der Waals surface area (Å²) >= 11 is 0. The highest BCUT2D eigenvalue weighted by Gasteiger charge is 2.16. The lowest BCUT2D eigenvalue weighted by Crippen LogP contribution is -2.41. The van der Waals surface area contributed by atoms with E-state index in [1.807, 2.05) is 0 Å². The van der Waals surface area contributed by atoms with Gasteiger partial charge in [0.15, 0.2) is 0 Å². The van der Waals surface area contributed by atoms with E-state index in [1.165, 1.54) is 0 Å². The number of hydrogen-bond donors (Lipinski definition) is 2. The monoisotopic (exact) mass is 130 g/mol. The zero-order valence-electron chi connectivity index (χ0n) is 5.76. The van der Waals surface area contributed by atoms with Crippen LogP contribution in [0.3, 0.4) is 0 Å². The van der Waals surface area contributed by atoms with Crippen LogP contribution in [-0.4, -0.2) is 18.8 Å². The quantitative estimate of drug-likeness (QED) is 0.388. The van der Waals surface area contributed by atoms with E-state index in [1.54, 1.807) is 0 Å². The minimum absolute atomic E-state index is 0.375. The summed E-state index contributed by atoms with van der Waals surface area (Å²) in [4.78, 5) is 0. The lowest BCUT2D eigenvalue weighted by Gasteiger charge is -2.26. The van der Waals surface area contributed by atoms with Gasteiger partial charge in [0.05, 0.1) is 6.10 Å². The fourth-order valence-corrected chi connectivity index (χ4v) is 1.15. The van der Waals surface area contributed by atoms with Gasteiger partial charge < -0.3 is 4.74 Å². The van der Waals surface area contributed by atoms with Crippen LogP contribution in [0.5, 0.6) is 0 Å². The van der Waals surface area contributed by atoms with Crippen LogP contribution in [-0.2, 0) is 4.74 Å². The lowest BCUT2D eigenvalue weighted by molar-refractivity contribution is 0.0134. The van der Waals surface area contributed by atoms with Crippen molar-refractivity contribution in [2.24, 2.45) is 5.84 Å². The molecule has 0 aromatic rings. The molecule has 1 saturated heterocycles. The molecule has 3 N–H and O–H groups in total. The molecule has 0 amide bonds. The Kier molecular flexibility index (Phi) is 2.45. The van der Waals surface area contributed by atoms with Gasteiger partial charge >= 0.3 is 0 Å². The molecular weight excluding hydrogens is 116 g/mol. The Labute approximate surface area is 55.5 Å². The summed E-state index contributed by atoms with van der Waals surface area (Å²) in [6.07, 6.45) is 2.46. The van der Waals surface area contributed by atoms with Gasteiger partial charge in [-0.2, -0.15) is 0 Å². The fourth-order valence-electron chi connectivity index (χ4n) is 1.15. The third-order valence-electron chi connectivity index (χ3n) is 1.72. The van der Waals surface area contributed by atoms with Crippen LogP contribution in [0.15, 0.2) is 0 Å². The molecule has 0 bridgehead atoms. The third-order valence-corrected chi connectivity index (χ3v) is 1.72. The molecule has 1 heterocycles. The summed E-state index contributed by atoms with van der Waals surface area (Å²) in [5.41, 5.74) is 2.75. The highest BCUT2D eigenvalue weighted by atomic mass is 16.5. The largest absolute Gasteiger partial charge is 0.378 e. The van der Waals surface area contributed by atoms with E-state index in [-0.39, 0.29) is 0 Å². The Morgan fingerprint density at radius 3 is 2.89 bits per heavy atom. The van der Waals surface area contributed by atoms with Crippen LogP contribution in [0.1, 0.15) is 19.8 Å². The minimum Gasteiger partial charge on any atom is -0.378 e. The predicted molar refractivity (Wildman–Crippen MR) is 35.8 cm³/mol. The first-order valence-corrected chi connectivity index (χ1v) is 3.40. The molecule has 0 aromatic carbocycles. The summed E-state index contributed by atoms with van der Waals surface area (Å²) in [7, 11) is 0. The first kappa shape index (κ1) is 6.99. The highest BCUT2D eigenvalue weighted by Crippen LogP contribution is 2.11. The molecule has 1 fully saturated rings. The maximum Gasteiger partial charge on any atom is 0.0562 e. The SMILES string of the molecule is CC1CC(NN)CCO1. The molecule has 54 valence electrons. The average molecular weight is 130 g/mol. The van der Waals surface area contributed by atoms with Crippen molar-refractivity contribution in [2.75, 3.05) is 6.61 Å². The Hall–Kier alpha value is -0.120. The fraction of sp³-hybridized carbons (Fsp3) is 1.00. The molecule has 0 spiro atoms. The van der Waals surface area contributed by atoms with Crippen molar-refractivity contribution in [3.8, 4) is 0 Å². The third kappa shape index (κ3) is 1.93. The van der Waals surface area contributed by atoms with Gasteiger partial charge in [-0.1, -0.05) is 0 Å². The molecule has 1 aliphatic rings. The second kappa shape index (κ2) is 3.15. The molecule has 3 nitrogen and oxygen atoms in total. The summed E-state index contributed by atoms with van der Waals surface area (Å²) in [5, 5.41) is 0. The molecule has 0 radical (unpaired) electrons. The van der Waals surface area contributed by atoms with Crippen LogP contribution in [0, 0.1) is 0 Å². The average Bonchev–Trinajstić information content (AvgIpc) is 1.88. The predicted octanol–water partition coefficient (Wildman–Crippen LogP) is 0.0172. The van der Waals surface area contributed by atoms with Crippen molar-refractivity contribution in [1.82, 2.24) is 5.43 Å². The summed E-state index contributed by atoms with van der Waals surface area (Å²) < 4.78 is 5.31. The number of nitrogens with two attached hydrogens (primary N) is 1. The van der Waals surface area contributed by atoms with Gasteiger partial charge in [-0.25, -0.2) is 0 Å². The molecular formula is C6H14N2O. The van der Waals surface area contributed by atoms with Gasteiger partial charge in [-0.15, -0.1) is 0 Å². The van der Waals surface area contributed by atoms with Gasteiger partial charge in [-0.3, -0.25) is 11.3 Å². The van der Waals surface area contributed by atoms with E-state index in [4.69, 9.17) is 10.6 Å². The molecule has 9 heavy (non-hydrogen) atoms. The Bertz CT molecular complexity index is 87.1. The molecule has 1 rings (SSSR count). The van der Waals surface area contributed by atoms with Crippen LogP contribution in [0.4, 0.5) is 0 Å². The Morgan fingerprint density at radius 1 is 1.67 bits per heavy atom. The Morgan fingerprint density at radius 2 is 2.44 bits per heavy atom. The van der Waals surface area contributed by atoms with Gasteiger partial charge in [0.2, 0.25) is 0 Å². The van der Waals surface area contributed by atoms with Crippen LogP contribution < -0.4 is 11.3 Å². The van der Waals surface area contributed by atoms with Crippen molar-refractivity contribution < 1.29 is 4.74 Å². The standard InChI is InChI=1S/C6H14N2O/c1-5-4-6(8-7)2-3-9-5/h5-6,8H,2-4,7H2,1H3. The van der Waals surface area contributed by atoms with Gasteiger partial charge in [0.25, 0.3) is 0 Å². The smallest absolute Gasteiger partial charge is 0.0562 e. The first-order valence-electron chi connectivity index (χ1n) is 3.40.